The Kier molecular flexibility index (Phi) is 7.15. The van der Waals surface area contributed by atoms with Crippen LogP contribution in [0.15, 0.2) is 4.99 Å². The van der Waals surface area contributed by atoms with Gasteiger partial charge in [0.1, 0.15) is 0 Å². The van der Waals surface area contributed by atoms with Crippen molar-refractivity contribution in [2.75, 3.05) is 39.8 Å². The number of nitrogens with zero attached hydrogens (tertiary/aromatic N) is 3. The molecule has 134 valence electrons. The number of nitrogens with one attached hydrogen (secondary N) is 2. The van der Waals surface area contributed by atoms with Gasteiger partial charge < -0.3 is 15.5 Å². The van der Waals surface area contributed by atoms with Gasteiger partial charge in [0.25, 0.3) is 0 Å². The minimum absolute atomic E-state index is 0.582. The molecule has 1 saturated carbocycles. The Morgan fingerprint density at radius 3 is 2.39 bits per heavy atom. The van der Waals surface area contributed by atoms with E-state index in [2.05, 4.69) is 53.1 Å². The summed E-state index contributed by atoms with van der Waals surface area (Å²) in [5.74, 6) is 1.72. The topological polar surface area (TPSA) is 42.9 Å². The molecule has 1 aliphatic carbocycles. The maximum Gasteiger partial charge on any atom is 0.191 e. The quantitative estimate of drug-likeness (QED) is 0.528. The zero-order valence-electron chi connectivity index (χ0n) is 15.8. The maximum atomic E-state index is 4.36. The van der Waals surface area contributed by atoms with Gasteiger partial charge in [0.15, 0.2) is 5.96 Å². The summed E-state index contributed by atoms with van der Waals surface area (Å²) < 4.78 is 0. The molecule has 1 unspecified atom stereocenters. The molecule has 2 fully saturated rings. The van der Waals surface area contributed by atoms with Crippen molar-refractivity contribution in [3.63, 3.8) is 0 Å². The molecule has 0 amide bonds. The Hall–Kier alpha value is -0.810. The monoisotopic (exact) mass is 323 g/mol. The standard InChI is InChI=1S/C18H37N5/c1-14(2)23(15(3)4)11-9-20-18(19-5)21-12-16-8-10-22(13-16)17-6-7-17/h14-17H,6-13H2,1-5H3,(H2,19,20,21). The van der Waals surface area contributed by atoms with Crippen molar-refractivity contribution in [1.82, 2.24) is 20.4 Å². The lowest BCUT2D eigenvalue weighted by molar-refractivity contribution is 0.178. The van der Waals surface area contributed by atoms with E-state index >= 15 is 0 Å². The van der Waals surface area contributed by atoms with Crippen molar-refractivity contribution in [2.45, 2.75) is 65.1 Å². The number of rotatable bonds is 8. The second kappa shape index (κ2) is 8.88. The van der Waals surface area contributed by atoms with Crippen LogP contribution in [0.25, 0.3) is 0 Å². The molecule has 5 nitrogen and oxygen atoms in total. The zero-order chi connectivity index (χ0) is 16.8. The number of aliphatic imine (C=N–C) groups is 1. The van der Waals surface area contributed by atoms with E-state index in [4.69, 9.17) is 0 Å². The van der Waals surface area contributed by atoms with Crippen molar-refractivity contribution in [3.05, 3.63) is 0 Å². The molecule has 0 spiro atoms. The lowest BCUT2D eigenvalue weighted by atomic mass is 10.1. The van der Waals surface area contributed by atoms with Crippen LogP contribution in [0, 0.1) is 5.92 Å². The third kappa shape index (κ3) is 5.96. The summed E-state index contributed by atoms with van der Waals surface area (Å²) in [7, 11) is 1.86. The van der Waals surface area contributed by atoms with Crippen LogP contribution >= 0.6 is 0 Å². The second-order valence-electron chi connectivity index (χ2n) is 7.69. The van der Waals surface area contributed by atoms with Gasteiger partial charge in [-0.25, -0.2) is 0 Å². The van der Waals surface area contributed by atoms with Gasteiger partial charge in [-0.05, 0) is 59.4 Å². The summed E-state index contributed by atoms with van der Waals surface area (Å²) in [4.78, 5) is 9.54. The van der Waals surface area contributed by atoms with E-state index in [-0.39, 0.29) is 0 Å². The Morgan fingerprint density at radius 2 is 1.83 bits per heavy atom. The van der Waals surface area contributed by atoms with Gasteiger partial charge >= 0.3 is 0 Å². The third-order valence-electron chi connectivity index (χ3n) is 5.15. The minimum atomic E-state index is 0.582. The number of hydrogen-bond acceptors (Lipinski definition) is 3. The Morgan fingerprint density at radius 1 is 1.13 bits per heavy atom. The van der Waals surface area contributed by atoms with E-state index in [1.807, 2.05) is 7.05 Å². The molecule has 0 bridgehead atoms. The van der Waals surface area contributed by atoms with Gasteiger partial charge in [0, 0.05) is 51.4 Å². The van der Waals surface area contributed by atoms with E-state index < -0.39 is 0 Å². The van der Waals surface area contributed by atoms with Crippen molar-refractivity contribution in [1.29, 1.82) is 0 Å². The highest BCUT2D eigenvalue weighted by molar-refractivity contribution is 5.79. The van der Waals surface area contributed by atoms with E-state index in [9.17, 15) is 0 Å². The summed E-state index contributed by atoms with van der Waals surface area (Å²) in [6.07, 6.45) is 4.17. The van der Waals surface area contributed by atoms with Gasteiger partial charge in [0.2, 0.25) is 0 Å². The lowest BCUT2D eigenvalue weighted by Gasteiger charge is -2.30. The molecular weight excluding hydrogens is 286 g/mol. The van der Waals surface area contributed by atoms with Gasteiger partial charge in [-0.15, -0.1) is 0 Å². The molecule has 1 atom stereocenters. The van der Waals surface area contributed by atoms with Crippen LogP contribution in [0.5, 0.6) is 0 Å². The smallest absolute Gasteiger partial charge is 0.191 e. The van der Waals surface area contributed by atoms with Crippen molar-refractivity contribution in [2.24, 2.45) is 10.9 Å². The first kappa shape index (κ1) is 18.5. The third-order valence-corrected chi connectivity index (χ3v) is 5.15. The number of hydrogen-bond donors (Lipinski definition) is 2. The average molecular weight is 324 g/mol. The highest BCUT2D eigenvalue weighted by atomic mass is 15.2. The van der Waals surface area contributed by atoms with Gasteiger partial charge in [-0.1, -0.05) is 0 Å². The molecule has 2 N–H and O–H groups in total. The van der Waals surface area contributed by atoms with Crippen LogP contribution in [0.1, 0.15) is 47.0 Å². The van der Waals surface area contributed by atoms with E-state index in [0.717, 1.165) is 37.6 Å². The molecule has 1 saturated heterocycles. The van der Waals surface area contributed by atoms with Crippen LogP contribution in [0.3, 0.4) is 0 Å². The van der Waals surface area contributed by atoms with E-state index in [0.29, 0.717) is 12.1 Å². The summed E-state index contributed by atoms with van der Waals surface area (Å²) in [5, 5.41) is 6.98. The normalized spacial score (nSPS) is 23.3. The molecule has 1 aliphatic heterocycles. The van der Waals surface area contributed by atoms with Crippen LogP contribution in [-0.4, -0.2) is 73.7 Å². The molecule has 0 aromatic carbocycles. The molecule has 0 aromatic heterocycles. The Balaban J connectivity index is 1.63. The molecule has 2 aliphatic rings. The minimum Gasteiger partial charge on any atom is -0.356 e. The Bertz CT molecular complexity index is 368. The molecule has 5 heteroatoms. The van der Waals surface area contributed by atoms with Crippen LogP contribution in [0.2, 0.25) is 0 Å². The highest BCUT2D eigenvalue weighted by Crippen LogP contribution is 2.31. The second-order valence-corrected chi connectivity index (χ2v) is 7.69. The first-order valence-corrected chi connectivity index (χ1v) is 9.45. The van der Waals surface area contributed by atoms with E-state index in [1.54, 1.807) is 0 Å². The molecular formula is C18H37N5. The first-order chi connectivity index (χ1) is 11.0. The van der Waals surface area contributed by atoms with Crippen LogP contribution < -0.4 is 10.6 Å². The summed E-state index contributed by atoms with van der Waals surface area (Å²) in [5.41, 5.74) is 0. The van der Waals surface area contributed by atoms with Crippen molar-refractivity contribution in [3.8, 4) is 0 Å². The van der Waals surface area contributed by atoms with Crippen molar-refractivity contribution >= 4 is 5.96 Å². The van der Waals surface area contributed by atoms with Gasteiger partial charge in [0.05, 0.1) is 0 Å². The molecule has 23 heavy (non-hydrogen) atoms. The average Bonchev–Trinajstić information content (AvgIpc) is 3.25. The van der Waals surface area contributed by atoms with Gasteiger partial charge in [-0.3, -0.25) is 9.89 Å². The largest absolute Gasteiger partial charge is 0.356 e. The van der Waals surface area contributed by atoms with E-state index in [1.165, 1.54) is 32.4 Å². The molecule has 2 rings (SSSR count). The maximum absolute atomic E-state index is 4.36. The van der Waals surface area contributed by atoms with Crippen LogP contribution in [0.4, 0.5) is 0 Å². The molecule has 0 aromatic rings. The number of likely N-dealkylation sites (tertiary alicyclic amines) is 1. The fourth-order valence-electron chi connectivity index (χ4n) is 3.68. The van der Waals surface area contributed by atoms with Crippen LogP contribution in [-0.2, 0) is 0 Å². The fraction of sp³-hybridized carbons (Fsp3) is 0.944. The Labute approximate surface area is 142 Å². The predicted octanol–water partition coefficient (Wildman–Crippen LogP) is 1.75. The zero-order valence-corrected chi connectivity index (χ0v) is 15.8. The summed E-state index contributed by atoms with van der Waals surface area (Å²) in [6.45, 7) is 14.6. The molecule has 1 heterocycles. The SMILES string of the molecule is CN=C(NCCN(C(C)C)C(C)C)NCC1CCN(C2CC2)C1. The summed E-state index contributed by atoms with van der Waals surface area (Å²) >= 11 is 0. The van der Waals surface area contributed by atoms with Crippen molar-refractivity contribution < 1.29 is 0 Å². The fourth-order valence-corrected chi connectivity index (χ4v) is 3.68. The predicted molar refractivity (Wildman–Crippen MR) is 99.0 cm³/mol. The lowest BCUT2D eigenvalue weighted by Crippen LogP contribution is -2.46. The summed E-state index contributed by atoms with van der Waals surface area (Å²) in [6, 6.07) is 2.08. The molecule has 0 radical (unpaired) electrons. The number of guanidine groups is 1. The highest BCUT2D eigenvalue weighted by Gasteiger charge is 2.34. The van der Waals surface area contributed by atoms with Gasteiger partial charge in [-0.2, -0.15) is 0 Å². The first-order valence-electron chi connectivity index (χ1n) is 9.45.